The van der Waals surface area contributed by atoms with E-state index in [1.807, 2.05) is 52.9 Å². The van der Waals surface area contributed by atoms with Crippen molar-refractivity contribution in [2.75, 3.05) is 32.1 Å². The van der Waals surface area contributed by atoms with Crippen molar-refractivity contribution in [1.29, 1.82) is 0 Å². The molecule has 7 heteroatoms. The fourth-order valence-electron chi connectivity index (χ4n) is 3.41. The van der Waals surface area contributed by atoms with Crippen LogP contribution in [-0.2, 0) is 4.74 Å². The van der Waals surface area contributed by atoms with Gasteiger partial charge in [0.15, 0.2) is 0 Å². The Kier molecular flexibility index (Phi) is 6.13. The quantitative estimate of drug-likeness (QED) is 0.797. The predicted molar refractivity (Wildman–Crippen MR) is 107 cm³/mol. The first-order valence-corrected chi connectivity index (χ1v) is 9.92. The highest BCUT2D eigenvalue weighted by atomic mass is 32.1. The van der Waals surface area contributed by atoms with Crippen molar-refractivity contribution >= 4 is 29.0 Å². The number of ether oxygens (including phenoxy) is 1. The molecular weight excluding hydrogens is 362 g/mol. The molecule has 1 atom stereocenters. The van der Waals surface area contributed by atoms with E-state index in [0.29, 0.717) is 38.1 Å². The number of hydrogen-bond acceptors (Lipinski definition) is 4. The van der Waals surface area contributed by atoms with E-state index in [0.717, 1.165) is 11.3 Å². The largest absolute Gasteiger partial charge is 0.385 e. The Morgan fingerprint density at radius 3 is 2.89 bits per heavy atom. The first-order chi connectivity index (χ1) is 13.0. The molecule has 6 nitrogen and oxygen atoms in total. The predicted octanol–water partition coefficient (Wildman–Crippen LogP) is 3.50. The summed E-state index contributed by atoms with van der Waals surface area (Å²) in [6.07, 6.45) is 1.35. The lowest BCUT2D eigenvalue weighted by Gasteiger charge is -2.30. The van der Waals surface area contributed by atoms with E-state index >= 15 is 0 Å². The number of amides is 3. The minimum atomic E-state index is -0.490. The van der Waals surface area contributed by atoms with Gasteiger partial charge in [0.1, 0.15) is 0 Å². The summed E-state index contributed by atoms with van der Waals surface area (Å²) in [5.41, 5.74) is 2.04. The van der Waals surface area contributed by atoms with Crippen LogP contribution in [0, 0.1) is 6.92 Å². The van der Waals surface area contributed by atoms with E-state index in [4.69, 9.17) is 4.74 Å². The lowest BCUT2D eigenvalue weighted by molar-refractivity contribution is 0.0773. The summed E-state index contributed by atoms with van der Waals surface area (Å²) in [4.78, 5) is 27.1. The van der Waals surface area contributed by atoms with E-state index in [9.17, 15) is 9.59 Å². The number of thiophene rings is 1. The third kappa shape index (κ3) is 4.87. The maximum atomic E-state index is 12.7. The number of hydrogen-bond donors (Lipinski definition) is 2. The van der Waals surface area contributed by atoms with E-state index in [1.54, 1.807) is 7.11 Å². The van der Waals surface area contributed by atoms with E-state index < -0.39 is 5.54 Å². The molecule has 2 N–H and O–H groups in total. The fourth-order valence-corrected chi connectivity index (χ4v) is 4.04. The molecular formula is C20H25N3O3S. The standard InChI is InChI=1S/C20H25N3O3S/c1-15-4-3-5-17(12-15)21-19(25)22-20(8-10-26-2)7-9-23(14-20)18(24)16-6-11-27-13-16/h3-6,11-13H,7-10,14H2,1-2H3,(H2,21,22,25). The number of urea groups is 1. The molecule has 2 aromatic rings. The monoisotopic (exact) mass is 387 g/mol. The number of anilines is 1. The highest BCUT2D eigenvalue weighted by Crippen LogP contribution is 2.27. The van der Waals surface area contributed by atoms with Crippen LogP contribution in [-0.4, -0.2) is 49.2 Å². The topological polar surface area (TPSA) is 70.7 Å². The summed E-state index contributed by atoms with van der Waals surface area (Å²) in [7, 11) is 1.64. The van der Waals surface area contributed by atoms with Gasteiger partial charge < -0.3 is 20.3 Å². The molecule has 0 saturated carbocycles. The molecule has 0 aliphatic carbocycles. The van der Waals surface area contributed by atoms with Gasteiger partial charge in [0.25, 0.3) is 5.91 Å². The summed E-state index contributed by atoms with van der Waals surface area (Å²) in [5, 5.41) is 9.75. The summed E-state index contributed by atoms with van der Waals surface area (Å²) in [5.74, 6) is 0.0106. The first-order valence-electron chi connectivity index (χ1n) is 8.98. The van der Waals surface area contributed by atoms with Crippen LogP contribution >= 0.6 is 11.3 Å². The normalized spacial score (nSPS) is 19.1. The molecule has 1 aliphatic rings. The fraction of sp³-hybridized carbons (Fsp3) is 0.400. The van der Waals surface area contributed by atoms with E-state index in [-0.39, 0.29) is 11.9 Å². The van der Waals surface area contributed by atoms with Gasteiger partial charge in [-0.05, 0) is 48.9 Å². The van der Waals surface area contributed by atoms with Crippen LogP contribution in [0.4, 0.5) is 10.5 Å². The van der Waals surface area contributed by atoms with Crippen LogP contribution in [0.25, 0.3) is 0 Å². The Labute approximate surface area is 163 Å². The molecule has 0 spiro atoms. The smallest absolute Gasteiger partial charge is 0.319 e. The van der Waals surface area contributed by atoms with E-state index in [1.165, 1.54) is 11.3 Å². The zero-order chi connectivity index (χ0) is 19.3. The molecule has 27 heavy (non-hydrogen) atoms. The number of benzene rings is 1. The van der Waals surface area contributed by atoms with Crippen molar-refractivity contribution in [3.05, 3.63) is 52.2 Å². The Morgan fingerprint density at radius 2 is 2.19 bits per heavy atom. The van der Waals surface area contributed by atoms with Crippen molar-refractivity contribution < 1.29 is 14.3 Å². The average molecular weight is 388 g/mol. The zero-order valence-corrected chi connectivity index (χ0v) is 16.5. The molecule has 1 aliphatic heterocycles. The Hall–Kier alpha value is -2.38. The van der Waals surface area contributed by atoms with Gasteiger partial charge in [0.2, 0.25) is 0 Å². The molecule has 1 fully saturated rings. The van der Waals surface area contributed by atoms with Gasteiger partial charge in [-0.1, -0.05) is 12.1 Å². The van der Waals surface area contributed by atoms with Gasteiger partial charge in [0, 0.05) is 37.9 Å². The first kappa shape index (κ1) is 19.4. The number of nitrogens with zero attached hydrogens (tertiary/aromatic N) is 1. The maximum absolute atomic E-state index is 12.7. The lowest BCUT2D eigenvalue weighted by atomic mass is 9.94. The number of aryl methyl sites for hydroxylation is 1. The zero-order valence-electron chi connectivity index (χ0n) is 15.7. The van der Waals surface area contributed by atoms with Crippen LogP contribution in [0.2, 0.25) is 0 Å². The van der Waals surface area contributed by atoms with Gasteiger partial charge in [0.05, 0.1) is 11.1 Å². The number of carbonyl (C=O) groups excluding carboxylic acids is 2. The molecule has 1 saturated heterocycles. The Bertz CT molecular complexity index is 794. The second kappa shape index (κ2) is 8.54. The molecule has 1 unspecified atom stereocenters. The average Bonchev–Trinajstić information content (AvgIpc) is 3.30. The van der Waals surface area contributed by atoms with Gasteiger partial charge >= 0.3 is 6.03 Å². The molecule has 3 rings (SSSR count). The second-order valence-corrected chi connectivity index (χ2v) is 7.74. The third-order valence-corrected chi connectivity index (χ3v) is 5.53. The Balaban J connectivity index is 1.68. The number of likely N-dealkylation sites (tertiary alicyclic amines) is 1. The van der Waals surface area contributed by atoms with Crippen molar-refractivity contribution in [3.8, 4) is 0 Å². The number of methoxy groups -OCH3 is 1. The molecule has 0 radical (unpaired) electrons. The van der Waals surface area contributed by atoms with Crippen LogP contribution in [0.3, 0.4) is 0 Å². The minimum Gasteiger partial charge on any atom is -0.385 e. The van der Waals surface area contributed by atoms with Crippen molar-refractivity contribution in [1.82, 2.24) is 10.2 Å². The molecule has 2 heterocycles. The van der Waals surface area contributed by atoms with Crippen LogP contribution in [0.1, 0.15) is 28.8 Å². The number of rotatable bonds is 6. The molecule has 3 amide bonds. The number of nitrogens with one attached hydrogen (secondary N) is 2. The van der Waals surface area contributed by atoms with Crippen LogP contribution in [0.5, 0.6) is 0 Å². The molecule has 144 valence electrons. The summed E-state index contributed by atoms with van der Waals surface area (Å²) in [6, 6.07) is 9.23. The van der Waals surface area contributed by atoms with Gasteiger partial charge in [-0.25, -0.2) is 4.79 Å². The summed E-state index contributed by atoms with van der Waals surface area (Å²) >= 11 is 1.51. The van der Waals surface area contributed by atoms with Crippen molar-refractivity contribution in [2.24, 2.45) is 0 Å². The van der Waals surface area contributed by atoms with Crippen molar-refractivity contribution in [3.63, 3.8) is 0 Å². The molecule has 1 aromatic carbocycles. The van der Waals surface area contributed by atoms with Crippen LogP contribution < -0.4 is 10.6 Å². The summed E-state index contributed by atoms with van der Waals surface area (Å²) < 4.78 is 5.24. The van der Waals surface area contributed by atoms with Gasteiger partial charge in [-0.2, -0.15) is 11.3 Å². The second-order valence-electron chi connectivity index (χ2n) is 6.96. The van der Waals surface area contributed by atoms with Gasteiger partial charge in [-0.3, -0.25) is 4.79 Å². The highest BCUT2D eigenvalue weighted by Gasteiger charge is 2.41. The molecule has 0 bridgehead atoms. The SMILES string of the molecule is COCCC1(NC(=O)Nc2cccc(C)c2)CCN(C(=O)c2ccsc2)C1. The van der Waals surface area contributed by atoms with Crippen molar-refractivity contribution in [2.45, 2.75) is 25.3 Å². The summed E-state index contributed by atoms with van der Waals surface area (Å²) in [6.45, 7) is 3.59. The van der Waals surface area contributed by atoms with E-state index in [2.05, 4.69) is 10.6 Å². The maximum Gasteiger partial charge on any atom is 0.319 e. The van der Waals surface area contributed by atoms with Gasteiger partial charge in [-0.15, -0.1) is 0 Å². The number of carbonyl (C=O) groups is 2. The third-order valence-electron chi connectivity index (χ3n) is 4.85. The molecule has 1 aromatic heterocycles. The van der Waals surface area contributed by atoms with Crippen LogP contribution in [0.15, 0.2) is 41.1 Å². The highest BCUT2D eigenvalue weighted by molar-refractivity contribution is 7.08. The minimum absolute atomic E-state index is 0.0106. The lowest BCUT2D eigenvalue weighted by Crippen LogP contribution is -2.53. The Morgan fingerprint density at radius 1 is 1.33 bits per heavy atom.